The summed E-state index contributed by atoms with van der Waals surface area (Å²) in [5.41, 5.74) is 1.99. The lowest BCUT2D eigenvalue weighted by atomic mass is 10.1. The van der Waals surface area contributed by atoms with Gasteiger partial charge >= 0.3 is 0 Å². The smallest absolute Gasteiger partial charge is 0.203 e. The van der Waals surface area contributed by atoms with E-state index >= 15 is 0 Å². The zero-order valence-corrected chi connectivity index (χ0v) is 21.0. The van der Waals surface area contributed by atoms with Crippen molar-refractivity contribution in [2.45, 2.75) is 4.90 Å². The summed E-state index contributed by atoms with van der Waals surface area (Å²) in [7, 11) is 7.63. The molecular formula is C25H25ClFNO5S. The molecule has 0 bridgehead atoms. The van der Waals surface area contributed by atoms with E-state index in [2.05, 4.69) is 4.72 Å². The van der Waals surface area contributed by atoms with Gasteiger partial charge in [-0.05, 0) is 60.0 Å². The Kier molecular flexibility index (Phi) is 8.79. The van der Waals surface area contributed by atoms with Crippen LogP contribution in [-0.2, 0) is 0 Å². The van der Waals surface area contributed by atoms with Gasteiger partial charge in [-0.1, -0.05) is 23.8 Å². The van der Waals surface area contributed by atoms with E-state index in [0.717, 1.165) is 10.5 Å². The van der Waals surface area contributed by atoms with Gasteiger partial charge in [-0.3, -0.25) is 0 Å². The lowest BCUT2D eigenvalue weighted by Gasteiger charge is -2.15. The van der Waals surface area contributed by atoms with Crippen molar-refractivity contribution in [3.63, 3.8) is 0 Å². The normalized spacial score (nSPS) is 10.8. The number of ether oxygens (including phenoxy) is 5. The van der Waals surface area contributed by atoms with Crippen LogP contribution >= 0.6 is 23.5 Å². The maximum atomic E-state index is 14.5. The molecule has 3 rings (SSSR count). The van der Waals surface area contributed by atoms with Crippen molar-refractivity contribution in [3.05, 3.63) is 64.4 Å². The largest absolute Gasteiger partial charge is 0.495 e. The molecule has 0 saturated heterocycles. The van der Waals surface area contributed by atoms with Crippen molar-refractivity contribution >= 4 is 41.4 Å². The lowest BCUT2D eigenvalue weighted by Crippen LogP contribution is -1.98. The zero-order chi connectivity index (χ0) is 24.7. The molecule has 9 heteroatoms. The van der Waals surface area contributed by atoms with E-state index in [1.165, 1.54) is 25.1 Å². The fourth-order valence-corrected chi connectivity index (χ4v) is 4.29. The summed E-state index contributed by atoms with van der Waals surface area (Å²) in [6.45, 7) is 0. The Bertz CT molecular complexity index is 1160. The maximum absolute atomic E-state index is 14.5. The standard InChI is InChI=1S/C25H25ClFNO5S/c1-29-20-11-9-17(14-18(20)26)34-28-23-16(8-10-19(27)24(23)32-4)7-6-15-12-21(30-2)25(33-5)22(13-15)31-3/h6-14,28H,1-5H3/b7-6-. The minimum Gasteiger partial charge on any atom is -0.495 e. The SMILES string of the molecule is COc1ccc(SNc2c(/C=C\c3cc(OC)c(OC)c(OC)c3)ccc(F)c2OC)cc1Cl. The number of methoxy groups -OCH3 is 5. The average molecular weight is 506 g/mol. The minimum absolute atomic E-state index is 0.0964. The summed E-state index contributed by atoms with van der Waals surface area (Å²) in [6, 6.07) is 12.0. The first-order valence-corrected chi connectivity index (χ1v) is 11.3. The molecule has 0 aliphatic heterocycles. The molecule has 0 heterocycles. The molecule has 0 fully saturated rings. The van der Waals surface area contributed by atoms with E-state index in [-0.39, 0.29) is 5.75 Å². The monoisotopic (exact) mass is 505 g/mol. The first kappa shape index (κ1) is 25.4. The summed E-state index contributed by atoms with van der Waals surface area (Å²) < 4.78 is 44.4. The molecule has 180 valence electrons. The fraction of sp³-hybridized carbons (Fsp3) is 0.200. The average Bonchev–Trinajstić information content (AvgIpc) is 2.86. The minimum atomic E-state index is -0.483. The van der Waals surface area contributed by atoms with Crippen molar-refractivity contribution in [1.82, 2.24) is 0 Å². The van der Waals surface area contributed by atoms with Gasteiger partial charge in [0.05, 0.1) is 46.3 Å². The van der Waals surface area contributed by atoms with E-state index < -0.39 is 5.82 Å². The van der Waals surface area contributed by atoms with Crippen molar-refractivity contribution in [2.24, 2.45) is 0 Å². The predicted octanol–water partition coefficient (Wildman–Crippen LogP) is 6.81. The Balaban J connectivity index is 1.95. The summed E-state index contributed by atoms with van der Waals surface area (Å²) >= 11 is 7.49. The van der Waals surface area contributed by atoms with Crippen molar-refractivity contribution in [2.75, 3.05) is 40.3 Å². The van der Waals surface area contributed by atoms with Crippen LogP contribution in [0.1, 0.15) is 11.1 Å². The number of benzene rings is 3. The highest BCUT2D eigenvalue weighted by atomic mass is 35.5. The molecule has 0 saturated carbocycles. The Morgan fingerprint density at radius 2 is 1.41 bits per heavy atom. The number of anilines is 1. The van der Waals surface area contributed by atoms with Crippen LogP contribution in [-0.4, -0.2) is 35.5 Å². The summed E-state index contributed by atoms with van der Waals surface area (Å²) in [4.78, 5) is 0.816. The van der Waals surface area contributed by atoms with Crippen molar-refractivity contribution < 1.29 is 28.1 Å². The molecular weight excluding hydrogens is 481 g/mol. The summed E-state index contributed by atoms with van der Waals surface area (Å²) in [6.07, 6.45) is 3.70. The topological polar surface area (TPSA) is 58.2 Å². The molecule has 3 aromatic rings. The van der Waals surface area contributed by atoms with Crippen LogP contribution in [0.15, 0.2) is 47.4 Å². The number of halogens is 2. The first-order valence-electron chi connectivity index (χ1n) is 10.1. The predicted molar refractivity (Wildman–Crippen MR) is 135 cm³/mol. The van der Waals surface area contributed by atoms with Crippen molar-refractivity contribution in [1.29, 1.82) is 0 Å². The molecule has 0 aromatic heterocycles. The Morgan fingerprint density at radius 3 is 1.97 bits per heavy atom. The van der Waals surface area contributed by atoms with Gasteiger partial charge in [0, 0.05) is 10.5 Å². The van der Waals surface area contributed by atoms with Gasteiger partial charge in [-0.2, -0.15) is 0 Å². The second-order valence-electron chi connectivity index (χ2n) is 6.84. The van der Waals surface area contributed by atoms with E-state index in [0.29, 0.717) is 39.3 Å². The molecule has 0 unspecified atom stereocenters. The molecule has 0 amide bonds. The Hall–Kier alpha value is -3.23. The highest BCUT2D eigenvalue weighted by Crippen LogP contribution is 2.40. The quantitative estimate of drug-likeness (QED) is 0.240. The van der Waals surface area contributed by atoms with Crippen LogP contribution in [0.25, 0.3) is 12.2 Å². The van der Waals surface area contributed by atoms with Gasteiger partial charge < -0.3 is 28.4 Å². The van der Waals surface area contributed by atoms with Crippen LogP contribution in [0.5, 0.6) is 28.7 Å². The zero-order valence-electron chi connectivity index (χ0n) is 19.4. The molecule has 0 atom stereocenters. The summed E-state index contributed by atoms with van der Waals surface area (Å²) in [5.74, 6) is 1.75. The van der Waals surface area contributed by atoms with E-state index in [1.54, 1.807) is 46.6 Å². The van der Waals surface area contributed by atoms with E-state index in [1.807, 2.05) is 30.4 Å². The van der Waals surface area contributed by atoms with E-state index in [4.69, 9.17) is 35.3 Å². The molecule has 0 spiro atoms. The third-order valence-electron chi connectivity index (χ3n) is 4.88. The van der Waals surface area contributed by atoms with Gasteiger partial charge in [0.2, 0.25) is 5.75 Å². The highest BCUT2D eigenvalue weighted by molar-refractivity contribution is 8.00. The van der Waals surface area contributed by atoms with Gasteiger partial charge in [-0.15, -0.1) is 0 Å². The number of hydrogen-bond donors (Lipinski definition) is 1. The molecule has 1 N–H and O–H groups in total. The highest BCUT2D eigenvalue weighted by Gasteiger charge is 2.15. The second kappa shape index (κ2) is 11.8. The molecule has 0 aliphatic rings. The number of nitrogens with one attached hydrogen (secondary N) is 1. The molecule has 0 radical (unpaired) electrons. The van der Waals surface area contributed by atoms with E-state index in [9.17, 15) is 4.39 Å². The van der Waals surface area contributed by atoms with Gasteiger partial charge in [0.25, 0.3) is 0 Å². The Morgan fingerprint density at radius 1 is 0.765 bits per heavy atom. The van der Waals surface area contributed by atoms with Crippen LogP contribution in [0.3, 0.4) is 0 Å². The second-order valence-corrected chi connectivity index (χ2v) is 8.12. The number of rotatable bonds is 10. The van der Waals surface area contributed by atoms with Gasteiger partial charge in [0.15, 0.2) is 23.1 Å². The third-order valence-corrected chi connectivity index (χ3v) is 5.97. The Labute approximate surface area is 207 Å². The lowest BCUT2D eigenvalue weighted by molar-refractivity contribution is 0.324. The first-order chi connectivity index (χ1) is 16.4. The molecule has 3 aromatic carbocycles. The van der Waals surface area contributed by atoms with Crippen LogP contribution in [0, 0.1) is 5.82 Å². The fourth-order valence-electron chi connectivity index (χ4n) is 3.22. The molecule has 6 nitrogen and oxygen atoms in total. The van der Waals surface area contributed by atoms with Crippen molar-refractivity contribution in [3.8, 4) is 28.7 Å². The molecule has 34 heavy (non-hydrogen) atoms. The van der Waals surface area contributed by atoms with Crippen LogP contribution in [0.2, 0.25) is 5.02 Å². The third kappa shape index (κ3) is 5.63. The van der Waals surface area contributed by atoms with Crippen LogP contribution < -0.4 is 28.4 Å². The van der Waals surface area contributed by atoms with Gasteiger partial charge in [0.1, 0.15) is 5.75 Å². The van der Waals surface area contributed by atoms with Crippen LogP contribution in [0.4, 0.5) is 10.1 Å². The number of hydrogen-bond acceptors (Lipinski definition) is 7. The molecule has 0 aliphatic carbocycles. The summed E-state index contributed by atoms with van der Waals surface area (Å²) in [5, 5.41) is 0.475. The van der Waals surface area contributed by atoms with Gasteiger partial charge in [-0.25, -0.2) is 4.39 Å². The maximum Gasteiger partial charge on any atom is 0.203 e.